The molecule has 1 heterocycles. The minimum atomic E-state index is 0. The highest BCUT2D eigenvalue weighted by atomic mass is 35.5. The van der Waals surface area contributed by atoms with Gasteiger partial charge in [-0.2, -0.15) is 5.10 Å². The van der Waals surface area contributed by atoms with Crippen LogP contribution in [0.5, 0.6) is 5.75 Å². The van der Waals surface area contributed by atoms with Crippen LogP contribution < -0.4 is 10.1 Å². The highest BCUT2D eigenvalue weighted by Gasteiger charge is 2.06. The third-order valence-corrected chi connectivity index (χ3v) is 3.17. The van der Waals surface area contributed by atoms with Crippen LogP contribution in [0.15, 0.2) is 24.3 Å². The molecule has 2 N–H and O–H groups in total. The van der Waals surface area contributed by atoms with Crippen molar-refractivity contribution in [3.63, 3.8) is 0 Å². The smallest absolute Gasteiger partial charge is 0.123 e. The van der Waals surface area contributed by atoms with Crippen LogP contribution in [-0.2, 0) is 13.1 Å². The summed E-state index contributed by atoms with van der Waals surface area (Å²) in [7, 11) is 0. The standard InChI is InChI=1S/C15H21N3O.ClH/c1-4-19-15-8-6-5-7-13(15)9-16-10-14-11(2)17-18-12(14)3;/h5-8,16H,4,9-10H2,1-3H3,(H,17,18);1H. The van der Waals surface area contributed by atoms with Crippen molar-refractivity contribution in [3.05, 3.63) is 46.8 Å². The molecule has 110 valence electrons. The van der Waals surface area contributed by atoms with Gasteiger partial charge in [-0.25, -0.2) is 0 Å². The summed E-state index contributed by atoms with van der Waals surface area (Å²) in [5.41, 5.74) is 4.61. The quantitative estimate of drug-likeness (QED) is 0.861. The first-order chi connectivity index (χ1) is 9.22. The van der Waals surface area contributed by atoms with Gasteiger partial charge < -0.3 is 10.1 Å². The van der Waals surface area contributed by atoms with E-state index in [0.717, 1.165) is 30.2 Å². The first-order valence-electron chi connectivity index (χ1n) is 6.64. The van der Waals surface area contributed by atoms with E-state index in [9.17, 15) is 0 Å². The Labute approximate surface area is 126 Å². The van der Waals surface area contributed by atoms with E-state index >= 15 is 0 Å². The van der Waals surface area contributed by atoms with E-state index in [2.05, 4.69) is 21.6 Å². The number of hydrogen-bond donors (Lipinski definition) is 2. The second-order valence-electron chi connectivity index (χ2n) is 4.56. The summed E-state index contributed by atoms with van der Waals surface area (Å²) < 4.78 is 5.61. The number of para-hydroxylation sites is 1. The van der Waals surface area contributed by atoms with Crippen molar-refractivity contribution in [3.8, 4) is 5.75 Å². The molecule has 0 fully saturated rings. The van der Waals surface area contributed by atoms with Crippen LogP contribution in [-0.4, -0.2) is 16.8 Å². The van der Waals surface area contributed by atoms with Crippen molar-refractivity contribution in [1.82, 2.24) is 15.5 Å². The molecule has 2 aromatic rings. The number of halogens is 1. The zero-order valence-corrected chi connectivity index (χ0v) is 13.0. The summed E-state index contributed by atoms with van der Waals surface area (Å²) in [6, 6.07) is 8.13. The number of aryl methyl sites for hydroxylation is 2. The molecule has 1 aromatic carbocycles. The fraction of sp³-hybridized carbons (Fsp3) is 0.400. The van der Waals surface area contributed by atoms with Crippen molar-refractivity contribution >= 4 is 12.4 Å². The van der Waals surface area contributed by atoms with Crippen molar-refractivity contribution in [1.29, 1.82) is 0 Å². The molecular formula is C15H22ClN3O. The molecule has 0 saturated heterocycles. The summed E-state index contributed by atoms with van der Waals surface area (Å²) in [6.07, 6.45) is 0. The van der Waals surface area contributed by atoms with Gasteiger partial charge in [-0.15, -0.1) is 12.4 Å². The summed E-state index contributed by atoms with van der Waals surface area (Å²) in [6.45, 7) is 8.37. The summed E-state index contributed by atoms with van der Waals surface area (Å²) in [5, 5.41) is 10.6. The van der Waals surface area contributed by atoms with E-state index in [1.54, 1.807) is 0 Å². The third-order valence-electron chi connectivity index (χ3n) is 3.17. The summed E-state index contributed by atoms with van der Waals surface area (Å²) in [5.74, 6) is 0.957. The molecule has 1 aromatic heterocycles. The van der Waals surface area contributed by atoms with Gasteiger partial charge >= 0.3 is 0 Å². The van der Waals surface area contributed by atoms with Gasteiger partial charge in [0.25, 0.3) is 0 Å². The minimum absolute atomic E-state index is 0. The van der Waals surface area contributed by atoms with Gasteiger partial charge in [0.15, 0.2) is 0 Å². The van der Waals surface area contributed by atoms with Crippen LogP contribution in [0.25, 0.3) is 0 Å². The van der Waals surface area contributed by atoms with Gasteiger partial charge in [-0.3, -0.25) is 5.10 Å². The molecule has 0 atom stereocenters. The highest BCUT2D eigenvalue weighted by Crippen LogP contribution is 2.18. The van der Waals surface area contributed by atoms with Crippen LogP contribution in [0, 0.1) is 13.8 Å². The molecule has 20 heavy (non-hydrogen) atoms. The molecule has 0 aliphatic rings. The van der Waals surface area contributed by atoms with Gasteiger partial charge in [-0.1, -0.05) is 18.2 Å². The molecular weight excluding hydrogens is 274 g/mol. The zero-order chi connectivity index (χ0) is 13.7. The molecule has 0 aliphatic carbocycles. The van der Waals surface area contributed by atoms with Gasteiger partial charge in [-0.05, 0) is 26.8 Å². The number of aromatic nitrogens is 2. The molecule has 4 nitrogen and oxygen atoms in total. The summed E-state index contributed by atoms with van der Waals surface area (Å²) >= 11 is 0. The lowest BCUT2D eigenvalue weighted by atomic mass is 10.1. The molecule has 0 aliphatic heterocycles. The van der Waals surface area contributed by atoms with E-state index in [0.29, 0.717) is 6.61 Å². The predicted octanol–water partition coefficient (Wildman–Crippen LogP) is 3.14. The lowest BCUT2D eigenvalue weighted by molar-refractivity contribution is 0.335. The zero-order valence-electron chi connectivity index (χ0n) is 12.2. The molecule has 5 heteroatoms. The fourth-order valence-electron chi connectivity index (χ4n) is 2.10. The number of H-pyrrole nitrogens is 1. The van der Waals surface area contributed by atoms with Gasteiger partial charge in [0.2, 0.25) is 0 Å². The normalized spacial score (nSPS) is 10.2. The number of aromatic amines is 1. The number of ether oxygens (including phenoxy) is 1. The SMILES string of the molecule is CCOc1ccccc1CNCc1c(C)n[nH]c1C.Cl. The Hall–Kier alpha value is -1.52. The Bertz CT molecular complexity index is 520. The third kappa shape index (κ3) is 3.99. The molecule has 0 amide bonds. The highest BCUT2D eigenvalue weighted by molar-refractivity contribution is 5.85. The number of nitrogens with zero attached hydrogens (tertiary/aromatic N) is 1. The van der Waals surface area contributed by atoms with Crippen LogP contribution in [0.4, 0.5) is 0 Å². The molecule has 2 rings (SSSR count). The number of rotatable bonds is 6. The van der Waals surface area contributed by atoms with Gasteiger partial charge in [0.05, 0.1) is 12.3 Å². The fourth-order valence-corrected chi connectivity index (χ4v) is 2.10. The summed E-state index contributed by atoms with van der Waals surface area (Å²) in [4.78, 5) is 0. The van der Waals surface area contributed by atoms with E-state index in [4.69, 9.17) is 4.74 Å². The minimum Gasteiger partial charge on any atom is -0.494 e. The Morgan fingerprint density at radius 2 is 1.95 bits per heavy atom. The van der Waals surface area contributed by atoms with Crippen LogP contribution >= 0.6 is 12.4 Å². The topological polar surface area (TPSA) is 49.9 Å². The van der Waals surface area contributed by atoms with Crippen LogP contribution in [0.2, 0.25) is 0 Å². The maximum Gasteiger partial charge on any atom is 0.123 e. The second-order valence-corrected chi connectivity index (χ2v) is 4.56. The largest absolute Gasteiger partial charge is 0.494 e. The van der Waals surface area contributed by atoms with Gasteiger partial charge in [0, 0.05) is 29.9 Å². The van der Waals surface area contributed by atoms with Crippen molar-refractivity contribution in [2.75, 3.05) is 6.61 Å². The Balaban J connectivity index is 0.00000200. The molecule has 0 spiro atoms. The Kier molecular flexibility index (Phi) is 6.55. The molecule has 0 bridgehead atoms. The first kappa shape index (κ1) is 16.5. The monoisotopic (exact) mass is 295 g/mol. The van der Waals surface area contributed by atoms with E-state index in [1.165, 1.54) is 11.1 Å². The maximum atomic E-state index is 5.61. The molecule has 0 unspecified atom stereocenters. The molecule has 0 saturated carbocycles. The van der Waals surface area contributed by atoms with Crippen molar-refractivity contribution < 1.29 is 4.74 Å². The van der Waals surface area contributed by atoms with Crippen molar-refractivity contribution in [2.24, 2.45) is 0 Å². The Morgan fingerprint density at radius 3 is 2.60 bits per heavy atom. The van der Waals surface area contributed by atoms with Crippen molar-refractivity contribution in [2.45, 2.75) is 33.9 Å². The lowest BCUT2D eigenvalue weighted by Gasteiger charge is -2.11. The van der Waals surface area contributed by atoms with Gasteiger partial charge in [0.1, 0.15) is 5.75 Å². The maximum absolute atomic E-state index is 5.61. The first-order valence-corrected chi connectivity index (χ1v) is 6.64. The Morgan fingerprint density at radius 1 is 1.20 bits per heavy atom. The number of hydrogen-bond acceptors (Lipinski definition) is 3. The molecule has 0 radical (unpaired) electrons. The van der Waals surface area contributed by atoms with E-state index in [-0.39, 0.29) is 12.4 Å². The average Bonchev–Trinajstić information content (AvgIpc) is 2.72. The second kappa shape index (κ2) is 7.92. The lowest BCUT2D eigenvalue weighted by Crippen LogP contribution is -2.14. The van der Waals surface area contributed by atoms with E-state index < -0.39 is 0 Å². The average molecular weight is 296 g/mol. The van der Waals surface area contributed by atoms with Crippen LogP contribution in [0.1, 0.15) is 29.4 Å². The van der Waals surface area contributed by atoms with E-state index in [1.807, 2.05) is 39.0 Å². The number of benzene rings is 1. The number of nitrogens with one attached hydrogen (secondary N) is 2. The predicted molar refractivity (Wildman–Crippen MR) is 83.5 cm³/mol. The van der Waals surface area contributed by atoms with Crippen LogP contribution in [0.3, 0.4) is 0 Å².